The van der Waals surface area contributed by atoms with Crippen molar-refractivity contribution in [2.45, 2.75) is 94.9 Å². The van der Waals surface area contributed by atoms with Gasteiger partial charge in [0.05, 0.1) is 9.82 Å². The van der Waals surface area contributed by atoms with Crippen molar-refractivity contribution >= 4 is 33.2 Å². The molecule has 46 heavy (non-hydrogen) atoms. The molecule has 0 aliphatic heterocycles. The van der Waals surface area contributed by atoms with Crippen LogP contribution in [0.3, 0.4) is 0 Å². The van der Waals surface area contributed by atoms with Gasteiger partial charge in [0, 0.05) is 38.5 Å². The van der Waals surface area contributed by atoms with Gasteiger partial charge in [-0.25, -0.2) is 13.1 Å². The van der Waals surface area contributed by atoms with Gasteiger partial charge in [-0.1, -0.05) is 49.6 Å². The number of nitrogens with zero attached hydrogens (tertiary/aromatic N) is 2. The van der Waals surface area contributed by atoms with E-state index < -0.39 is 20.9 Å². The minimum atomic E-state index is -4.37. The Labute approximate surface area is 271 Å². The van der Waals surface area contributed by atoms with Crippen LogP contribution in [0, 0.1) is 39.2 Å². The van der Waals surface area contributed by atoms with Gasteiger partial charge >= 0.3 is 0 Å². The first kappa shape index (κ1) is 32.5. The molecule has 0 heterocycles. The summed E-state index contributed by atoms with van der Waals surface area (Å²) in [4.78, 5) is 39.4. The molecule has 5 saturated carbocycles. The van der Waals surface area contributed by atoms with Crippen LogP contribution in [0.5, 0.6) is 0 Å². The Bertz CT molecular complexity index is 1500. The van der Waals surface area contributed by atoms with Gasteiger partial charge in [0.15, 0.2) is 0 Å². The molecule has 11 heteroatoms. The van der Waals surface area contributed by atoms with E-state index in [4.69, 9.17) is 0 Å². The average Bonchev–Trinajstić information content (AvgIpc) is 3.01. The van der Waals surface area contributed by atoms with Crippen molar-refractivity contribution < 1.29 is 22.9 Å². The van der Waals surface area contributed by atoms with Crippen LogP contribution in [-0.4, -0.2) is 43.1 Å². The number of anilines is 1. The lowest BCUT2D eigenvalue weighted by molar-refractivity contribution is -0.384. The van der Waals surface area contributed by atoms with Crippen LogP contribution in [0.4, 0.5) is 11.4 Å². The summed E-state index contributed by atoms with van der Waals surface area (Å²) in [5.74, 6) is 1.83. The van der Waals surface area contributed by atoms with Gasteiger partial charge in [-0.05, 0) is 98.1 Å². The standard InChI is InChI=1S/C35H46N4O6S/c40-33(37-46(44,45)30-11-12-31(32(18-30)39(42)43)36-23-25-7-3-1-4-8-25)13-14-38(24-26-9-5-2-6-10-26)34(41)22-35-19-27-15-28(20-35)17-29(16-27)21-35/h2,5-6,9-12,18,25,27-29,36H,1,3-4,7-8,13-17,19-24H2,(H,37,40). The van der Waals surface area contributed by atoms with Gasteiger partial charge in [0.25, 0.3) is 15.7 Å². The van der Waals surface area contributed by atoms with Crippen molar-refractivity contribution in [2.24, 2.45) is 29.1 Å². The molecule has 2 aromatic rings. The second kappa shape index (κ2) is 13.7. The van der Waals surface area contributed by atoms with E-state index in [0.29, 0.717) is 25.4 Å². The third-order valence-corrected chi connectivity index (χ3v) is 12.3. The van der Waals surface area contributed by atoms with Crippen molar-refractivity contribution in [3.8, 4) is 0 Å². The number of hydrogen-bond donors (Lipinski definition) is 2. The van der Waals surface area contributed by atoms with E-state index in [1.165, 1.54) is 37.8 Å². The summed E-state index contributed by atoms with van der Waals surface area (Å²) in [5, 5.41) is 15.0. The van der Waals surface area contributed by atoms with Crippen LogP contribution >= 0.6 is 0 Å². The van der Waals surface area contributed by atoms with Gasteiger partial charge in [-0.15, -0.1) is 0 Å². The molecule has 5 aliphatic carbocycles. The minimum Gasteiger partial charge on any atom is -0.379 e. The van der Waals surface area contributed by atoms with E-state index in [0.717, 1.165) is 74.3 Å². The van der Waals surface area contributed by atoms with E-state index in [9.17, 15) is 28.1 Å². The SMILES string of the molecule is O=C(CCN(Cc1ccccc1)C(=O)CC12CC3CC(CC(C3)C1)C2)NS(=O)(=O)c1ccc(NCC2CCCCC2)c([N+](=O)[O-])c1. The largest absolute Gasteiger partial charge is 0.379 e. The first-order valence-corrected chi connectivity index (χ1v) is 18.5. The quantitative estimate of drug-likeness (QED) is 0.189. The number of carbonyl (C=O) groups excluding carboxylic acids is 2. The van der Waals surface area contributed by atoms with Crippen LogP contribution in [-0.2, 0) is 26.2 Å². The highest BCUT2D eigenvalue weighted by Gasteiger charge is 2.51. The maximum atomic E-state index is 13.8. The fourth-order valence-corrected chi connectivity index (χ4v) is 10.2. The maximum Gasteiger partial charge on any atom is 0.293 e. The molecule has 0 unspecified atom stereocenters. The van der Waals surface area contributed by atoms with Crippen LogP contribution in [0.2, 0.25) is 0 Å². The normalized spacial score (nSPS) is 25.6. The molecule has 0 spiro atoms. The Morgan fingerprint density at radius 1 is 0.935 bits per heavy atom. The molecule has 0 saturated heterocycles. The number of hydrogen-bond acceptors (Lipinski definition) is 7. The lowest BCUT2D eigenvalue weighted by Gasteiger charge is -2.57. The van der Waals surface area contributed by atoms with Gasteiger partial charge in [-0.2, -0.15) is 0 Å². The highest BCUT2D eigenvalue weighted by molar-refractivity contribution is 7.90. The molecule has 5 fully saturated rings. The molecular weight excluding hydrogens is 604 g/mol. The second-order valence-corrected chi connectivity index (χ2v) is 16.2. The Morgan fingerprint density at radius 3 is 2.22 bits per heavy atom. The maximum absolute atomic E-state index is 13.8. The van der Waals surface area contributed by atoms with E-state index in [2.05, 4.69) is 10.0 Å². The number of sulfonamides is 1. The predicted octanol–water partition coefficient (Wildman–Crippen LogP) is 6.42. The smallest absolute Gasteiger partial charge is 0.293 e. The summed E-state index contributed by atoms with van der Waals surface area (Å²) in [7, 11) is -4.37. The molecular formula is C35H46N4O6S. The van der Waals surface area contributed by atoms with Crippen LogP contribution in [0.25, 0.3) is 0 Å². The summed E-state index contributed by atoms with van der Waals surface area (Å²) >= 11 is 0. The highest BCUT2D eigenvalue weighted by Crippen LogP contribution is 2.61. The summed E-state index contributed by atoms with van der Waals surface area (Å²) in [5.41, 5.74) is 0.891. The topological polar surface area (TPSA) is 139 Å². The highest BCUT2D eigenvalue weighted by atomic mass is 32.2. The molecule has 7 rings (SSSR count). The lowest BCUT2D eigenvalue weighted by Crippen LogP contribution is -2.48. The van der Waals surface area contributed by atoms with E-state index >= 15 is 0 Å². The minimum absolute atomic E-state index is 0.00778. The number of nitro benzene ring substituents is 1. The third-order valence-electron chi connectivity index (χ3n) is 10.9. The van der Waals surface area contributed by atoms with Crippen molar-refractivity contribution in [2.75, 3.05) is 18.4 Å². The number of nitrogens with one attached hydrogen (secondary N) is 2. The van der Waals surface area contributed by atoms with E-state index in [1.807, 2.05) is 30.3 Å². The first-order chi connectivity index (χ1) is 22.1. The number of nitro groups is 1. The second-order valence-electron chi connectivity index (χ2n) is 14.5. The van der Waals surface area contributed by atoms with Gasteiger partial charge in [0.1, 0.15) is 5.69 Å². The molecule has 5 aliphatic rings. The summed E-state index contributed by atoms with van der Waals surface area (Å²) in [6.07, 6.45) is 13.1. The summed E-state index contributed by atoms with van der Waals surface area (Å²) < 4.78 is 28.4. The van der Waals surface area contributed by atoms with Gasteiger partial charge in [-0.3, -0.25) is 19.7 Å². The van der Waals surface area contributed by atoms with Crippen molar-refractivity contribution in [1.82, 2.24) is 9.62 Å². The fraction of sp³-hybridized carbons (Fsp3) is 0.600. The molecule has 0 atom stereocenters. The molecule has 4 bridgehead atoms. The number of benzene rings is 2. The molecule has 2 N–H and O–H groups in total. The first-order valence-electron chi connectivity index (χ1n) is 17.0. The van der Waals surface area contributed by atoms with E-state index in [-0.39, 0.29) is 40.6 Å². The van der Waals surface area contributed by atoms with Crippen LogP contribution in [0.1, 0.15) is 89.0 Å². The average molecular weight is 651 g/mol. The Balaban J connectivity index is 1.10. The zero-order chi connectivity index (χ0) is 32.3. The molecule has 0 aromatic heterocycles. The molecule has 10 nitrogen and oxygen atoms in total. The third kappa shape index (κ3) is 7.73. The monoisotopic (exact) mass is 650 g/mol. The Morgan fingerprint density at radius 2 is 1.59 bits per heavy atom. The Hall–Kier alpha value is -3.47. The zero-order valence-electron chi connectivity index (χ0n) is 26.5. The molecule has 0 radical (unpaired) electrons. The van der Waals surface area contributed by atoms with Crippen LogP contribution < -0.4 is 10.0 Å². The van der Waals surface area contributed by atoms with E-state index in [1.54, 1.807) is 4.90 Å². The van der Waals surface area contributed by atoms with Gasteiger partial charge in [0.2, 0.25) is 11.8 Å². The number of carbonyl (C=O) groups is 2. The van der Waals surface area contributed by atoms with Gasteiger partial charge < -0.3 is 10.2 Å². The summed E-state index contributed by atoms with van der Waals surface area (Å²) in [6, 6.07) is 13.3. The molecule has 248 valence electrons. The zero-order valence-corrected chi connectivity index (χ0v) is 27.3. The van der Waals surface area contributed by atoms with Crippen molar-refractivity contribution in [3.63, 3.8) is 0 Å². The summed E-state index contributed by atoms with van der Waals surface area (Å²) in [6.45, 7) is 1.00. The molecule has 2 amide bonds. The molecule has 2 aromatic carbocycles. The van der Waals surface area contributed by atoms with Crippen molar-refractivity contribution in [3.05, 3.63) is 64.2 Å². The number of amides is 2. The Kier molecular flexibility index (Phi) is 9.68. The van der Waals surface area contributed by atoms with Crippen LogP contribution in [0.15, 0.2) is 53.4 Å². The fourth-order valence-electron chi connectivity index (χ4n) is 9.16. The van der Waals surface area contributed by atoms with Crippen molar-refractivity contribution in [1.29, 1.82) is 0 Å². The lowest BCUT2D eigenvalue weighted by atomic mass is 9.49. The predicted molar refractivity (Wildman–Crippen MR) is 175 cm³/mol. The number of rotatable bonds is 13.